The van der Waals surface area contributed by atoms with E-state index in [0.29, 0.717) is 17.5 Å². The Hall–Kier alpha value is -2.10. The number of hydrogen-bond donors (Lipinski definition) is 2. The fourth-order valence-corrected chi connectivity index (χ4v) is 2.21. The van der Waals surface area contributed by atoms with E-state index >= 15 is 0 Å². The van der Waals surface area contributed by atoms with Crippen LogP contribution in [0.2, 0.25) is 5.02 Å². The highest BCUT2D eigenvalue weighted by atomic mass is 35.5. The molecule has 0 bridgehead atoms. The molecule has 0 radical (unpaired) electrons. The third-order valence-corrected chi connectivity index (χ3v) is 3.77. The van der Waals surface area contributed by atoms with Gasteiger partial charge in [0.2, 0.25) is 0 Å². The van der Waals surface area contributed by atoms with Gasteiger partial charge in [-0.05, 0) is 24.3 Å². The maximum Gasteiger partial charge on any atom is 0.346 e. The Balaban J connectivity index is 2.51. The fraction of sp³-hybridized carbons (Fsp3) is 0.400. The number of aliphatic hydroxyl groups excluding tert-OH is 1. The van der Waals surface area contributed by atoms with Crippen LogP contribution in [0.4, 0.5) is 8.78 Å². The van der Waals surface area contributed by atoms with Crippen LogP contribution in [-0.2, 0) is 17.9 Å². The van der Waals surface area contributed by atoms with Gasteiger partial charge in [0.25, 0.3) is 5.92 Å². The molecule has 25 heavy (non-hydrogen) atoms. The molecular weight excluding hydrogens is 358 g/mol. The monoisotopic (exact) mass is 374 g/mol. The normalized spacial score (nSPS) is 13.0. The Morgan fingerprint density at radius 3 is 2.52 bits per heavy atom. The molecule has 0 saturated heterocycles. The van der Waals surface area contributed by atoms with Crippen molar-refractivity contribution >= 4 is 17.4 Å². The second-order valence-corrected chi connectivity index (χ2v) is 6.03. The minimum atomic E-state index is -3.41. The predicted molar refractivity (Wildman–Crippen MR) is 87.6 cm³/mol. The minimum Gasteiger partial charge on any atom is -0.385 e. The van der Waals surface area contributed by atoms with E-state index in [9.17, 15) is 23.5 Å². The maximum atomic E-state index is 13.3. The summed E-state index contributed by atoms with van der Waals surface area (Å²) < 4.78 is 28.4. The Morgan fingerprint density at radius 2 is 2.00 bits per heavy atom. The molecule has 0 aliphatic carbocycles. The molecule has 0 saturated carbocycles. The van der Waals surface area contributed by atoms with Crippen LogP contribution < -0.4 is 11.4 Å². The standard InChI is InChI=1S/C15H17ClF2N4O3/c1-15(17,18)12(24)8-21-13(9-2-4-10(16)5-3-9)20-22(14(21)25)7-11(23)6-19/h2-5,12,24H,6-8,19H2,1H3/t12-/m0/s1. The summed E-state index contributed by atoms with van der Waals surface area (Å²) in [5.74, 6) is -3.82. The molecule has 2 rings (SSSR count). The summed E-state index contributed by atoms with van der Waals surface area (Å²) in [6.07, 6.45) is -2.10. The van der Waals surface area contributed by atoms with Crippen LogP contribution in [0.15, 0.2) is 29.1 Å². The minimum absolute atomic E-state index is 0.0368. The Bertz CT molecular complexity index is 812. The molecule has 0 amide bonds. The molecule has 136 valence electrons. The van der Waals surface area contributed by atoms with Gasteiger partial charge in [-0.1, -0.05) is 11.6 Å². The van der Waals surface area contributed by atoms with Crippen LogP contribution >= 0.6 is 11.6 Å². The summed E-state index contributed by atoms with van der Waals surface area (Å²) in [4.78, 5) is 23.9. The molecule has 1 heterocycles. The van der Waals surface area contributed by atoms with Crippen molar-refractivity contribution < 1.29 is 18.7 Å². The third kappa shape index (κ3) is 4.50. The smallest absolute Gasteiger partial charge is 0.346 e. The number of aromatic nitrogens is 3. The lowest BCUT2D eigenvalue weighted by Crippen LogP contribution is -2.38. The lowest BCUT2D eigenvalue weighted by atomic mass is 10.2. The van der Waals surface area contributed by atoms with Crippen molar-refractivity contribution in [3.05, 3.63) is 39.8 Å². The zero-order chi connectivity index (χ0) is 18.8. The van der Waals surface area contributed by atoms with Crippen molar-refractivity contribution in [2.24, 2.45) is 5.73 Å². The molecule has 0 unspecified atom stereocenters. The molecule has 10 heteroatoms. The number of carbonyl (C=O) groups excluding carboxylic acids is 1. The van der Waals surface area contributed by atoms with Crippen molar-refractivity contribution in [3.63, 3.8) is 0 Å². The van der Waals surface area contributed by atoms with E-state index in [2.05, 4.69) is 5.10 Å². The quantitative estimate of drug-likeness (QED) is 0.749. The third-order valence-electron chi connectivity index (χ3n) is 3.52. The molecule has 3 N–H and O–H groups in total. The molecule has 7 nitrogen and oxygen atoms in total. The number of rotatable bonds is 7. The average molecular weight is 375 g/mol. The molecule has 0 spiro atoms. The van der Waals surface area contributed by atoms with Crippen LogP contribution in [0.5, 0.6) is 0 Å². The predicted octanol–water partition coefficient (Wildman–Crippen LogP) is 0.909. The van der Waals surface area contributed by atoms with Gasteiger partial charge in [0, 0.05) is 17.5 Å². The van der Waals surface area contributed by atoms with Gasteiger partial charge in [0.15, 0.2) is 11.6 Å². The first kappa shape index (κ1) is 19.2. The zero-order valence-corrected chi connectivity index (χ0v) is 14.1. The van der Waals surface area contributed by atoms with Crippen molar-refractivity contribution in [2.75, 3.05) is 6.54 Å². The summed E-state index contributed by atoms with van der Waals surface area (Å²) >= 11 is 5.82. The van der Waals surface area contributed by atoms with Crippen LogP contribution in [0, 0.1) is 0 Å². The first-order valence-corrected chi connectivity index (χ1v) is 7.72. The van der Waals surface area contributed by atoms with Gasteiger partial charge in [-0.15, -0.1) is 5.10 Å². The molecular formula is C15H17ClF2N4O3. The van der Waals surface area contributed by atoms with Crippen molar-refractivity contribution in [1.29, 1.82) is 0 Å². The van der Waals surface area contributed by atoms with Crippen molar-refractivity contribution in [2.45, 2.75) is 32.0 Å². The highest BCUT2D eigenvalue weighted by molar-refractivity contribution is 6.30. The van der Waals surface area contributed by atoms with Crippen LogP contribution in [0.25, 0.3) is 11.4 Å². The van der Waals surface area contributed by atoms with E-state index in [1.54, 1.807) is 24.3 Å². The molecule has 1 atom stereocenters. The highest BCUT2D eigenvalue weighted by Gasteiger charge is 2.34. The fourth-order valence-electron chi connectivity index (χ4n) is 2.09. The number of halogens is 3. The van der Waals surface area contributed by atoms with Gasteiger partial charge in [0.1, 0.15) is 12.6 Å². The number of aliphatic hydroxyl groups is 1. The number of Topliss-reactive ketones (excluding diaryl/α,β-unsaturated/α-hetero) is 1. The first-order valence-electron chi connectivity index (χ1n) is 7.34. The number of hydrogen-bond acceptors (Lipinski definition) is 5. The lowest BCUT2D eigenvalue weighted by Gasteiger charge is -2.18. The summed E-state index contributed by atoms with van der Waals surface area (Å²) in [7, 11) is 0. The molecule has 0 aliphatic rings. The summed E-state index contributed by atoms with van der Waals surface area (Å²) in [6.45, 7) is -0.809. The van der Waals surface area contributed by atoms with Crippen molar-refractivity contribution in [3.8, 4) is 11.4 Å². The second-order valence-electron chi connectivity index (χ2n) is 5.60. The van der Waals surface area contributed by atoms with Gasteiger partial charge in [-0.2, -0.15) is 0 Å². The van der Waals surface area contributed by atoms with Gasteiger partial charge in [-0.25, -0.2) is 18.3 Å². The van der Waals surface area contributed by atoms with E-state index in [-0.39, 0.29) is 18.9 Å². The van der Waals surface area contributed by atoms with Crippen LogP contribution in [-0.4, -0.2) is 43.8 Å². The van der Waals surface area contributed by atoms with E-state index in [0.717, 1.165) is 9.25 Å². The van der Waals surface area contributed by atoms with Crippen LogP contribution in [0.1, 0.15) is 6.92 Å². The van der Waals surface area contributed by atoms with Gasteiger partial charge in [0.05, 0.1) is 13.1 Å². The van der Waals surface area contributed by atoms with Gasteiger partial charge in [-0.3, -0.25) is 9.36 Å². The number of nitrogens with zero attached hydrogens (tertiary/aromatic N) is 3. The molecule has 2 aromatic rings. The first-order chi connectivity index (χ1) is 11.6. The van der Waals surface area contributed by atoms with Crippen molar-refractivity contribution in [1.82, 2.24) is 14.3 Å². The van der Waals surface area contributed by atoms with E-state index in [4.69, 9.17) is 17.3 Å². The molecule has 0 aliphatic heterocycles. The molecule has 1 aromatic heterocycles. The Labute approximate surface area is 146 Å². The zero-order valence-electron chi connectivity index (χ0n) is 13.3. The topological polar surface area (TPSA) is 103 Å². The average Bonchev–Trinajstić information content (AvgIpc) is 2.84. The number of ketones is 1. The van der Waals surface area contributed by atoms with Crippen LogP contribution in [0.3, 0.4) is 0 Å². The largest absolute Gasteiger partial charge is 0.385 e. The summed E-state index contributed by atoms with van der Waals surface area (Å²) in [6, 6.07) is 6.18. The van der Waals surface area contributed by atoms with E-state index < -0.39 is 30.0 Å². The maximum absolute atomic E-state index is 13.3. The molecule has 1 aromatic carbocycles. The van der Waals surface area contributed by atoms with E-state index in [1.165, 1.54) is 0 Å². The second kappa shape index (κ2) is 7.42. The number of alkyl halides is 2. The summed E-state index contributed by atoms with van der Waals surface area (Å²) in [5, 5.41) is 14.1. The number of carbonyl (C=O) groups is 1. The van der Waals surface area contributed by atoms with Gasteiger partial charge < -0.3 is 10.8 Å². The number of nitrogens with two attached hydrogens (primary N) is 1. The summed E-state index contributed by atoms with van der Waals surface area (Å²) in [5.41, 5.74) is 4.85. The SMILES string of the molecule is CC(F)(F)[C@@H](O)Cn1c(-c2ccc(Cl)cc2)nn(CC(=O)CN)c1=O. The lowest BCUT2D eigenvalue weighted by molar-refractivity contribution is -0.118. The number of benzene rings is 1. The Morgan fingerprint density at radius 1 is 1.40 bits per heavy atom. The van der Waals surface area contributed by atoms with E-state index in [1.807, 2.05) is 0 Å². The molecule has 0 fully saturated rings. The highest BCUT2D eigenvalue weighted by Crippen LogP contribution is 2.22. The van der Waals surface area contributed by atoms with Gasteiger partial charge >= 0.3 is 5.69 Å². The Kier molecular flexibility index (Phi) is 5.71.